The number of carbonyl (C=O) groups excluding carboxylic acids is 2. The third kappa shape index (κ3) is 7.69. The molecule has 0 bridgehead atoms. The van der Waals surface area contributed by atoms with Gasteiger partial charge in [0.15, 0.2) is 11.6 Å². The summed E-state index contributed by atoms with van der Waals surface area (Å²) in [6, 6.07) is 48.5. The number of hydrogen-bond donors (Lipinski definition) is 0. The zero-order chi connectivity index (χ0) is 34.8. The zero-order valence-corrected chi connectivity index (χ0v) is 29.9. The third-order valence-corrected chi connectivity index (χ3v) is 10.1. The highest BCUT2D eigenvalue weighted by Crippen LogP contribution is 2.40. The summed E-state index contributed by atoms with van der Waals surface area (Å²) in [7, 11) is 0. The molecule has 0 atom stereocenters. The second kappa shape index (κ2) is 13.9. The Morgan fingerprint density at radius 1 is 0.388 bits per heavy atom. The van der Waals surface area contributed by atoms with Gasteiger partial charge in [0, 0.05) is 32.0 Å². The number of ketones is 2. The van der Waals surface area contributed by atoms with E-state index in [9.17, 15) is 9.59 Å². The SMILES string of the molecule is CC(C)(C)c1ccc(C(=O)c2ccc(-c3ccccc3Sc3ccccc3-c3ccc(C(=O)c4ccc(C(C)(C)C)cc4)cc3)cc2)cc1. The first-order valence-electron chi connectivity index (χ1n) is 16.8. The minimum absolute atomic E-state index is 0.0229. The molecule has 6 aromatic carbocycles. The highest BCUT2D eigenvalue weighted by molar-refractivity contribution is 7.99. The monoisotopic (exact) mass is 658 g/mol. The number of carbonyl (C=O) groups is 2. The van der Waals surface area contributed by atoms with Gasteiger partial charge in [-0.2, -0.15) is 0 Å². The van der Waals surface area contributed by atoms with Gasteiger partial charge in [0.2, 0.25) is 0 Å². The highest BCUT2D eigenvalue weighted by atomic mass is 32.2. The number of hydrogen-bond acceptors (Lipinski definition) is 3. The minimum Gasteiger partial charge on any atom is -0.289 e. The Bertz CT molecular complexity index is 1940. The van der Waals surface area contributed by atoms with Gasteiger partial charge in [-0.15, -0.1) is 0 Å². The molecule has 0 saturated heterocycles. The Hall–Kier alpha value is -4.99. The van der Waals surface area contributed by atoms with Crippen molar-refractivity contribution in [2.45, 2.75) is 62.2 Å². The molecule has 0 aliphatic carbocycles. The van der Waals surface area contributed by atoms with E-state index in [4.69, 9.17) is 0 Å². The molecular weight excluding hydrogens is 617 g/mol. The Labute approximate surface area is 295 Å². The first-order valence-corrected chi connectivity index (χ1v) is 17.6. The summed E-state index contributed by atoms with van der Waals surface area (Å²) in [6.07, 6.45) is 0. The molecule has 49 heavy (non-hydrogen) atoms. The van der Waals surface area contributed by atoms with Crippen LogP contribution in [0.15, 0.2) is 155 Å². The molecule has 2 nitrogen and oxygen atoms in total. The van der Waals surface area contributed by atoms with E-state index in [1.54, 1.807) is 11.8 Å². The van der Waals surface area contributed by atoms with Crippen molar-refractivity contribution in [2.75, 3.05) is 0 Å². The molecule has 6 aromatic rings. The van der Waals surface area contributed by atoms with Gasteiger partial charge in [-0.3, -0.25) is 9.59 Å². The van der Waals surface area contributed by atoms with Crippen LogP contribution in [0, 0.1) is 0 Å². The van der Waals surface area contributed by atoms with Gasteiger partial charge in [-0.1, -0.05) is 187 Å². The normalized spacial score (nSPS) is 11.7. The van der Waals surface area contributed by atoms with Gasteiger partial charge in [0.25, 0.3) is 0 Å². The lowest BCUT2D eigenvalue weighted by atomic mass is 9.86. The van der Waals surface area contributed by atoms with Crippen LogP contribution < -0.4 is 0 Å². The fourth-order valence-electron chi connectivity index (χ4n) is 5.89. The molecule has 0 heterocycles. The van der Waals surface area contributed by atoms with Crippen molar-refractivity contribution >= 4 is 23.3 Å². The van der Waals surface area contributed by atoms with E-state index in [2.05, 4.69) is 77.9 Å². The van der Waals surface area contributed by atoms with Crippen molar-refractivity contribution in [3.05, 3.63) is 179 Å². The van der Waals surface area contributed by atoms with Gasteiger partial charge >= 0.3 is 0 Å². The summed E-state index contributed by atoms with van der Waals surface area (Å²) in [5.41, 5.74) is 9.56. The van der Waals surface area contributed by atoms with Crippen molar-refractivity contribution in [1.29, 1.82) is 0 Å². The maximum absolute atomic E-state index is 13.3. The molecular formula is C46H42O2S. The molecule has 0 unspecified atom stereocenters. The standard InChI is InChI=1S/C46H42O2S/c1-45(2,3)37-27-23-35(24-28-37)43(47)33-19-15-31(16-20-33)39-11-7-9-13-41(39)49-42-14-10-8-12-40(42)32-17-21-34(22-18-32)44(48)36-25-29-38(30-26-36)46(4,5)6/h7-30H,1-6H3. The van der Waals surface area contributed by atoms with Gasteiger partial charge < -0.3 is 0 Å². The third-order valence-electron chi connectivity index (χ3n) is 8.94. The van der Waals surface area contributed by atoms with Gasteiger partial charge in [0.1, 0.15) is 0 Å². The molecule has 3 heteroatoms. The van der Waals surface area contributed by atoms with Crippen LogP contribution in [0.1, 0.15) is 84.5 Å². The minimum atomic E-state index is 0.0229. The molecule has 0 N–H and O–H groups in total. The quantitative estimate of drug-likeness (QED) is 0.153. The van der Waals surface area contributed by atoms with E-state index in [1.165, 1.54) is 11.1 Å². The molecule has 0 spiro atoms. The van der Waals surface area contributed by atoms with Gasteiger partial charge in [0.05, 0.1) is 0 Å². The van der Waals surface area contributed by atoms with Crippen LogP contribution in [0.4, 0.5) is 0 Å². The fourth-order valence-corrected chi connectivity index (χ4v) is 7.01. The summed E-state index contributed by atoms with van der Waals surface area (Å²) in [5.74, 6) is 0.0458. The van der Waals surface area contributed by atoms with Crippen LogP contribution in [0.3, 0.4) is 0 Å². The maximum atomic E-state index is 13.3. The molecule has 0 amide bonds. The van der Waals surface area contributed by atoms with Crippen LogP contribution in [0.5, 0.6) is 0 Å². The number of benzene rings is 6. The van der Waals surface area contributed by atoms with Crippen molar-refractivity contribution in [2.24, 2.45) is 0 Å². The molecule has 0 saturated carbocycles. The first-order chi connectivity index (χ1) is 23.4. The summed E-state index contributed by atoms with van der Waals surface area (Å²) in [4.78, 5) is 28.8. The molecule has 0 fully saturated rings. The second-order valence-electron chi connectivity index (χ2n) is 14.6. The topological polar surface area (TPSA) is 34.1 Å². The molecule has 0 aliphatic heterocycles. The predicted octanol–water partition coefficient (Wildman–Crippen LogP) is 12.2. The van der Waals surface area contributed by atoms with Crippen molar-refractivity contribution in [3.63, 3.8) is 0 Å². The molecule has 244 valence electrons. The van der Waals surface area contributed by atoms with Crippen LogP contribution in [-0.2, 0) is 10.8 Å². The van der Waals surface area contributed by atoms with Crippen LogP contribution in [0.25, 0.3) is 22.3 Å². The lowest BCUT2D eigenvalue weighted by Gasteiger charge is -2.19. The van der Waals surface area contributed by atoms with Crippen molar-refractivity contribution in [3.8, 4) is 22.3 Å². The summed E-state index contributed by atoms with van der Waals surface area (Å²) in [6.45, 7) is 13.0. The summed E-state index contributed by atoms with van der Waals surface area (Å²) < 4.78 is 0. The number of rotatable bonds is 8. The summed E-state index contributed by atoms with van der Waals surface area (Å²) in [5, 5.41) is 0. The van der Waals surface area contributed by atoms with E-state index in [1.807, 2.05) is 109 Å². The van der Waals surface area contributed by atoms with Gasteiger partial charge in [-0.25, -0.2) is 0 Å². The predicted molar refractivity (Wildman–Crippen MR) is 205 cm³/mol. The zero-order valence-electron chi connectivity index (χ0n) is 29.1. The second-order valence-corrected chi connectivity index (χ2v) is 15.6. The largest absolute Gasteiger partial charge is 0.289 e. The molecule has 6 rings (SSSR count). The van der Waals surface area contributed by atoms with E-state index < -0.39 is 0 Å². The Morgan fingerprint density at radius 2 is 0.673 bits per heavy atom. The fraction of sp³-hybridized carbons (Fsp3) is 0.174. The van der Waals surface area contributed by atoms with Crippen molar-refractivity contribution < 1.29 is 9.59 Å². The highest BCUT2D eigenvalue weighted by Gasteiger charge is 2.18. The molecule has 0 aromatic heterocycles. The van der Waals surface area contributed by atoms with E-state index in [0.717, 1.165) is 32.0 Å². The van der Waals surface area contributed by atoms with E-state index in [-0.39, 0.29) is 22.4 Å². The molecule has 0 radical (unpaired) electrons. The van der Waals surface area contributed by atoms with E-state index in [0.29, 0.717) is 22.3 Å². The van der Waals surface area contributed by atoms with Crippen molar-refractivity contribution in [1.82, 2.24) is 0 Å². The first kappa shape index (κ1) is 33.9. The summed E-state index contributed by atoms with van der Waals surface area (Å²) >= 11 is 1.72. The average molecular weight is 659 g/mol. The van der Waals surface area contributed by atoms with Crippen LogP contribution in [0.2, 0.25) is 0 Å². The average Bonchev–Trinajstić information content (AvgIpc) is 3.11. The Balaban J connectivity index is 1.21. The molecule has 0 aliphatic rings. The Kier molecular flexibility index (Phi) is 9.59. The lowest BCUT2D eigenvalue weighted by molar-refractivity contribution is 0.103. The smallest absolute Gasteiger partial charge is 0.193 e. The maximum Gasteiger partial charge on any atom is 0.193 e. The van der Waals surface area contributed by atoms with Gasteiger partial charge in [-0.05, 0) is 56.3 Å². The Morgan fingerprint density at radius 3 is 0.980 bits per heavy atom. The van der Waals surface area contributed by atoms with Crippen LogP contribution in [-0.4, -0.2) is 11.6 Å². The van der Waals surface area contributed by atoms with E-state index >= 15 is 0 Å². The lowest BCUT2D eigenvalue weighted by Crippen LogP contribution is -2.11. The van der Waals surface area contributed by atoms with Crippen LogP contribution >= 0.6 is 11.8 Å².